The third kappa shape index (κ3) is 2.59. The molecule has 0 bridgehead atoms. The Bertz CT molecular complexity index is 506. The Morgan fingerprint density at radius 3 is 2.60 bits per heavy atom. The van der Waals surface area contributed by atoms with Gasteiger partial charge in [-0.15, -0.1) is 11.3 Å². The summed E-state index contributed by atoms with van der Waals surface area (Å²) in [7, 11) is 0. The number of carbonyl (C=O) groups excluding carboxylic acids is 2. The fraction of sp³-hybridized carbons (Fsp3) is 0.600. The lowest BCUT2D eigenvalue weighted by Crippen LogP contribution is -2.65. The second-order valence-electron chi connectivity index (χ2n) is 5.22. The van der Waals surface area contributed by atoms with Crippen LogP contribution in [0.3, 0.4) is 0 Å². The number of nitrogens with one attached hydrogen (secondary N) is 1. The monoisotopic (exact) mass is 294 g/mol. The molecule has 1 aromatic heterocycles. The second kappa shape index (κ2) is 5.95. The third-order valence-electron chi connectivity index (χ3n) is 4.17. The minimum absolute atomic E-state index is 0.0529. The first-order valence-electron chi connectivity index (χ1n) is 7.22. The van der Waals surface area contributed by atoms with Crippen LogP contribution in [0.25, 0.3) is 0 Å². The molecule has 2 rings (SSSR count). The van der Waals surface area contributed by atoms with Gasteiger partial charge >= 0.3 is 0 Å². The maximum atomic E-state index is 12.7. The molecule has 5 heteroatoms. The van der Waals surface area contributed by atoms with E-state index in [-0.39, 0.29) is 18.4 Å². The van der Waals surface area contributed by atoms with Crippen LogP contribution >= 0.6 is 11.3 Å². The molecule has 1 aliphatic heterocycles. The molecule has 1 N–H and O–H groups in total. The molecule has 1 saturated heterocycles. The summed E-state index contributed by atoms with van der Waals surface area (Å²) in [6.45, 7) is 6.73. The highest BCUT2D eigenvalue weighted by molar-refractivity contribution is 7.10. The van der Waals surface area contributed by atoms with Gasteiger partial charge in [-0.25, -0.2) is 0 Å². The average molecular weight is 294 g/mol. The standard InChI is InChI=1S/C15H22N2O2S/c1-4-11-7-8-20-12(11)9-17-10-13(18)16-15(5-2,6-3)14(17)19/h7-8H,4-6,9-10H2,1-3H3,(H,16,18). The number of hydrogen-bond acceptors (Lipinski definition) is 3. The highest BCUT2D eigenvalue weighted by Gasteiger charge is 2.43. The topological polar surface area (TPSA) is 49.4 Å². The molecule has 1 aromatic rings. The Morgan fingerprint density at radius 1 is 1.30 bits per heavy atom. The molecule has 0 aromatic carbocycles. The van der Waals surface area contributed by atoms with E-state index in [1.54, 1.807) is 16.2 Å². The van der Waals surface area contributed by atoms with Gasteiger partial charge in [0.2, 0.25) is 11.8 Å². The van der Waals surface area contributed by atoms with E-state index in [1.165, 1.54) is 10.4 Å². The molecule has 0 unspecified atom stereocenters. The van der Waals surface area contributed by atoms with Gasteiger partial charge in [0.15, 0.2) is 0 Å². The average Bonchev–Trinajstić information content (AvgIpc) is 2.89. The molecule has 0 atom stereocenters. The third-order valence-corrected chi connectivity index (χ3v) is 5.12. The Morgan fingerprint density at radius 2 is 2.00 bits per heavy atom. The van der Waals surface area contributed by atoms with Gasteiger partial charge in [0, 0.05) is 4.88 Å². The van der Waals surface area contributed by atoms with Crippen LogP contribution in [0.4, 0.5) is 0 Å². The minimum Gasteiger partial charge on any atom is -0.340 e. The van der Waals surface area contributed by atoms with E-state index in [4.69, 9.17) is 0 Å². The van der Waals surface area contributed by atoms with Crippen molar-refractivity contribution in [3.63, 3.8) is 0 Å². The van der Waals surface area contributed by atoms with Gasteiger partial charge in [-0.2, -0.15) is 0 Å². The molecule has 2 heterocycles. The zero-order valence-corrected chi connectivity index (χ0v) is 13.2. The van der Waals surface area contributed by atoms with Crippen molar-refractivity contribution in [1.82, 2.24) is 10.2 Å². The zero-order chi connectivity index (χ0) is 14.8. The van der Waals surface area contributed by atoms with Crippen molar-refractivity contribution in [3.05, 3.63) is 21.9 Å². The van der Waals surface area contributed by atoms with Crippen molar-refractivity contribution in [3.8, 4) is 0 Å². The normalized spacial score (nSPS) is 18.2. The van der Waals surface area contributed by atoms with Crippen molar-refractivity contribution in [2.75, 3.05) is 6.54 Å². The highest BCUT2D eigenvalue weighted by atomic mass is 32.1. The van der Waals surface area contributed by atoms with Crippen LogP contribution in [-0.4, -0.2) is 28.8 Å². The van der Waals surface area contributed by atoms with E-state index < -0.39 is 5.54 Å². The molecule has 0 spiro atoms. The molecule has 1 aliphatic rings. The molecule has 20 heavy (non-hydrogen) atoms. The van der Waals surface area contributed by atoms with Gasteiger partial charge in [0.05, 0.1) is 6.54 Å². The summed E-state index contributed by atoms with van der Waals surface area (Å²) in [5.74, 6) is 0.000424. The molecular weight excluding hydrogens is 272 g/mol. The SMILES string of the molecule is CCc1ccsc1CN1CC(=O)NC(CC)(CC)C1=O. The summed E-state index contributed by atoms with van der Waals surface area (Å²) >= 11 is 1.66. The number of thiophene rings is 1. The van der Waals surface area contributed by atoms with Crippen LogP contribution < -0.4 is 5.32 Å². The Labute approximate surface area is 124 Å². The number of aryl methyl sites for hydroxylation is 1. The number of carbonyl (C=O) groups is 2. The molecular formula is C15H22N2O2S. The van der Waals surface area contributed by atoms with E-state index in [0.29, 0.717) is 19.4 Å². The number of piperazine rings is 1. The zero-order valence-electron chi connectivity index (χ0n) is 12.4. The van der Waals surface area contributed by atoms with Crippen molar-refractivity contribution in [1.29, 1.82) is 0 Å². The number of hydrogen-bond donors (Lipinski definition) is 1. The van der Waals surface area contributed by atoms with Crippen molar-refractivity contribution in [2.24, 2.45) is 0 Å². The summed E-state index contributed by atoms with van der Waals surface area (Å²) < 4.78 is 0. The fourth-order valence-corrected chi connectivity index (χ4v) is 3.75. The van der Waals surface area contributed by atoms with Crippen LogP contribution in [0.2, 0.25) is 0 Å². The van der Waals surface area contributed by atoms with Gasteiger partial charge in [-0.1, -0.05) is 20.8 Å². The summed E-state index contributed by atoms with van der Waals surface area (Å²) in [6.07, 6.45) is 2.23. The summed E-state index contributed by atoms with van der Waals surface area (Å²) in [6, 6.07) is 2.10. The fourth-order valence-electron chi connectivity index (χ4n) is 2.76. The lowest BCUT2D eigenvalue weighted by molar-refractivity contribution is -0.151. The molecule has 2 amide bonds. The predicted octanol–water partition coefficient (Wildman–Crippen LogP) is 2.33. The number of rotatable bonds is 5. The quantitative estimate of drug-likeness (QED) is 0.906. The summed E-state index contributed by atoms with van der Waals surface area (Å²) in [4.78, 5) is 27.5. The van der Waals surface area contributed by atoms with Crippen molar-refractivity contribution < 1.29 is 9.59 Å². The molecule has 4 nitrogen and oxygen atoms in total. The Balaban J connectivity index is 2.23. The molecule has 0 saturated carbocycles. The molecule has 0 radical (unpaired) electrons. The largest absolute Gasteiger partial charge is 0.340 e. The Hall–Kier alpha value is -1.36. The van der Waals surface area contributed by atoms with E-state index in [9.17, 15) is 9.59 Å². The first-order valence-corrected chi connectivity index (χ1v) is 8.09. The first-order chi connectivity index (χ1) is 9.56. The van der Waals surface area contributed by atoms with Crippen LogP contribution in [0.15, 0.2) is 11.4 Å². The van der Waals surface area contributed by atoms with Gasteiger partial charge in [0.1, 0.15) is 12.1 Å². The van der Waals surface area contributed by atoms with E-state index in [0.717, 1.165) is 6.42 Å². The lowest BCUT2D eigenvalue weighted by Gasteiger charge is -2.41. The maximum absolute atomic E-state index is 12.7. The lowest BCUT2D eigenvalue weighted by atomic mass is 9.89. The van der Waals surface area contributed by atoms with E-state index in [1.807, 2.05) is 13.8 Å². The first kappa shape index (κ1) is 15.0. The maximum Gasteiger partial charge on any atom is 0.249 e. The van der Waals surface area contributed by atoms with Crippen LogP contribution in [-0.2, 0) is 22.6 Å². The predicted molar refractivity (Wildman–Crippen MR) is 80.6 cm³/mol. The van der Waals surface area contributed by atoms with Gasteiger partial charge in [0.25, 0.3) is 0 Å². The Kier molecular flexibility index (Phi) is 4.48. The number of nitrogens with zero attached hydrogens (tertiary/aromatic N) is 1. The van der Waals surface area contributed by atoms with Gasteiger partial charge in [-0.05, 0) is 36.3 Å². The smallest absolute Gasteiger partial charge is 0.249 e. The molecule has 0 aliphatic carbocycles. The van der Waals surface area contributed by atoms with E-state index >= 15 is 0 Å². The minimum atomic E-state index is -0.709. The van der Waals surface area contributed by atoms with Crippen LogP contribution in [0, 0.1) is 0 Å². The summed E-state index contributed by atoms with van der Waals surface area (Å²) in [5.41, 5.74) is 0.561. The molecule has 110 valence electrons. The van der Waals surface area contributed by atoms with Crippen LogP contribution in [0.5, 0.6) is 0 Å². The highest BCUT2D eigenvalue weighted by Crippen LogP contribution is 2.26. The van der Waals surface area contributed by atoms with Gasteiger partial charge in [-0.3, -0.25) is 9.59 Å². The van der Waals surface area contributed by atoms with Crippen molar-refractivity contribution >= 4 is 23.2 Å². The summed E-state index contributed by atoms with van der Waals surface area (Å²) in [5, 5.41) is 4.94. The van der Waals surface area contributed by atoms with Gasteiger partial charge < -0.3 is 10.2 Å². The molecule has 1 fully saturated rings. The van der Waals surface area contributed by atoms with Crippen molar-refractivity contribution in [2.45, 2.75) is 52.1 Å². The van der Waals surface area contributed by atoms with Crippen LogP contribution in [0.1, 0.15) is 44.1 Å². The second-order valence-corrected chi connectivity index (χ2v) is 6.22. The number of amides is 2. The van der Waals surface area contributed by atoms with E-state index in [2.05, 4.69) is 23.7 Å².